The second kappa shape index (κ2) is 5.41. The summed E-state index contributed by atoms with van der Waals surface area (Å²) in [4.78, 5) is 18.7. The zero-order valence-corrected chi connectivity index (χ0v) is 13.0. The maximum atomic E-state index is 12.6. The minimum Gasteiger partial charge on any atom is -0.335 e. The van der Waals surface area contributed by atoms with Crippen LogP contribution in [0.2, 0.25) is 5.02 Å². The minimum absolute atomic E-state index is 0.107. The van der Waals surface area contributed by atoms with Gasteiger partial charge in [0.25, 0.3) is 5.91 Å². The SMILES string of the molecule is CCC(C)(C)N(C)C(=O)c1cc(Cl)c2ccccc2n1. The number of hydrogen-bond donors (Lipinski definition) is 0. The first kappa shape index (κ1) is 14.8. The Morgan fingerprint density at radius 3 is 2.65 bits per heavy atom. The summed E-state index contributed by atoms with van der Waals surface area (Å²) in [7, 11) is 1.80. The summed E-state index contributed by atoms with van der Waals surface area (Å²) in [6.07, 6.45) is 0.872. The van der Waals surface area contributed by atoms with Gasteiger partial charge in [-0.2, -0.15) is 0 Å². The number of carbonyl (C=O) groups is 1. The third-order valence-corrected chi connectivity index (χ3v) is 4.28. The van der Waals surface area contributed by atoms with Gasteiger partial charge in [-0.3, -0.25) is 4.79 Å². The van der Waals surface area contributed by atoms with Crippen molar-refractivity contribution in [3.8, 4) is 0 Å². The van der Waals surface area contributed by atoms with Crippen molar-refractivity contribution in [3.63, 3.8) is 0 Å². The number of amides is 1. The summed E-state index contributed by atoms with van der Waals surface area (Å²) < 4.78 is 0. The second-order valence-electron chi connectivity index (χ2n) is 5.54. The van der Waals surface area contributed by atoms with E-state index < -0.39 is 0 Å². The second-order valence-corrected chi connectivity index (χ2v) is 5.94. The van der Waals surface area contributed by atoms with Crippen molar-refractivity contribution >= 4 is 28.4 Å². The van der Waals surface area contributed by atoms with Crippen LogP contribution in [-0.2, 0) is 0 Å². The van der Waals surface area contributed by atoms with Gasteiger partial charge in [-0.1, -0.05) is 36.7 Å². The molecule has 2 rings (SSSR count). The van der Waals surface area contributed by atoms with E-state index >= 15 is 0 Å². The normalized spacial score (nSPS) is 11.7. The molecular formula is C16H19ClN2O. The van der Waals surface area contributed by atoms with Crippen LogP contribution in [0.15, 0.2) is 30.3 Å². The topological polar surface area (TPSA) is 33.2 Å². The fourth-order valence-corrected chi connectivity index (χ4v) is 2.19. The Balaban J connectivity index is 2.46. The van der Waals surface area contributed by atoms with E-state index in [9.17, 15) is 4.79 Å². The lowest BCUT2D eigenvalue weighted by atomic mass is 9.99. The van der Waals surface area contributed by atoms with Crippen LogP contribution in [0.25, 0.3) is 10.9 Å². The third-order valence-electron chi connectivity index (χ3n) is 3.96. The van der Waals surface area contributed by atoms with Gasteiger partial charge >= 0.3 is 0 Å². The summed E-state index contributed by atoms with van der Waals surface area (Å²) in [6.45, 7) is 6.13. The van der Waals surface area contributed by atoms with E-state index in [1.54, 1.807) is 18.0 Å². The van der Waals surface area contributed by atoms with Gasteiger partial charge in [-0.15, -0.1) is 0 Å². The number of hydrogen-bond acceptors (Lipinski definition) is 2. The van der Waals surface area contributed by atoms with Crippen LogP contribution in [-0.4, -0.2) is 28.4 Å². The van der Waals surface area contributed by atoms with Gasteiger partial charge in [-0.05, 0) is 32.4 Å². The molecule has 20 heavy (non-hydrogen) atoms. The van der Waals surface area contributed by atoms with Gasteiger partial charge in [0, 0.05) is 18.0 Å². The van der Waals surface area contributed by atoms with Gasteiger partial charge in [-0.25, -0.2) is 4.98 Å². The van der Waals surface area contributed by atoms with Crippen LogP contribution in [0.3, 0.4) is 0 Å². The first-order valence-electron chi connectivity index (χ1n) is 6.70. The van der Waals surface area contributed by atoms with E-state index in [1.165, 1.54) is 0 Å². The molecule has 2 aromatic rings. The Bertz CT molecular complexity index is 652. The summed E-state index contributed by atoms with van der Waals surface area (Å²) in [5, 5.41) is 1.42. The first-order valence-corrected chi connectivity index (χ1v) is 7.08. The van der Waals surface area contributed by atoms with Gasteiger partial charge in [0.1, 0.15) is 5.69 Å². The molecule has 0 radical (unpaired) electrons. The molecule has 0 atom stereocenters. The lowest BCUT2D eigenvalue weighted by molar-refractivity contribution is 0.0614. The van der Waals surface area contributed by atoms with E-state index in [-0.39, 0.29) is 11.4 Å². The van der Waals surface area contributed by atoms with E-state index in [0.29, 0.717) is 10.7 Å². The number of aromatic nitrogens is 1. The van der Waals surface area contributed by atoms with Crippen LogP contribution in [0.4, 0.5) is 0 Å². The van der Waals surface area contributed by atoms with Crippen molar-refractivity contribution in [1.29, 1.82) is 0 Å². The lowest BCUT2D eigenvalue weighted by Crippen LogP contribution is -2.44. The molecule has 1 amide bonds. The number of halogens is 1. The van der Waals surface area contributed by atoms with Crippen LogP contribution in [0.1, 0.15) is 37.7 Å². The number of rotatable bonds is 3. The molecule has 1 aromatic heterocycles. The molecule has 0 fully saturated rings. The molecular weight excluding hydrogens is 272 g/mol. The Kier molecular flexibility index (Phi) is 4.00. The molecule has 0 aliphatic rings. The lowest BCUT2D eigenvalue weighted by Gasteiger charge is -2.34. The van der Waals surface area contributed by atoms with Crippen LogP contribution in [0.5, 0.6) is 0 Å². The van der Waals surface area contributed by atoms with Gasteiger partial charge in [0.2, 0.25) is 0 Å². The van der Waals surface area contributed by atoms with E-state index in [0.717, 1.165) is 17.3 Å². The van der Waals surface area contributed by atoms with Gasteiger partial charge in [0.05, 0.1) is 10.5 Å². The zero-order valence-electron chi connectivity index (χ0n) is 12.3. The predicted octanol–water partition coefficient (Wildman–Crippen LogP) is 4.15. The Morgan fingerprint density at radius 2 is 2.00 bits per heavy atom. The molecule has 0 saturated heterocycles. The van der Waals surface area contributed by atoms with E-state index in [2.05, 4.69) is 11.9 Å². The largest absolute Gasteiger partial charge is 0.335 e. The van der Waals surface area contributed by atoms with Gasteiger partial charge in [0.15, 0.2) is 0 Å². The monoisotopic (exact) mass is 290 g/mol. The first-order chi connectivity index (χ1) is 9.36. The Labute approximate surface area is 124 Å². The summed E-state index contributed by atoms with van der Waals surface area (Å²) in [5.41, 5.74) is 0.917. The van der Waals surface area contributed by atoms with Crippen LogP contribution < -0.4 is 0 Å². The Hall–Kier alpha value is -1.61. The van der Waals surface area contributed by atoms with Crippen molar-refractivity contribution < 1.29 is 4.79 Å². The number of benzene rings is 1. The molecule has 0 spiro atoms. The molecule has 4 heteroatoms. The van der Waals surface area contributed by atoms with Crippen LogP contribution >= 0.6 is 11.6 Å². The highest BCUT2D eigenvalue weighted by atomic mass is 35.5. The Morgan fingerprint density at radius 1 is 1.35 bits per heavy atom. The van der Waals surface area contributed by atoms with Crippen molar-refractivity contribution in [2.45, 2.75) is 32.7 Å². The van der Waals surface area contributed by atoms with Crippen molar-refractivity contribution in [1.82, 2.24) is 9.88 Å². The molecule has 0 aliphatic heterocycles. The third kappa shape index (κ3) is 2.63. The molecule has 0 bridgehead atoms. The number of pyridine rings is 1. The molecule has 1 heterocycles. The zero-order chi connectivity index (χ0) is 14.9. The molecule has 0 saturated carbocycles. The summed E-state index contributed by atoms with van der Waals surface area (Å²) >= 11 is 6.25. The molecule has 0 unspecified atom stereocenters. The maximum absolute atomic E-state index is 12.6. The summed E-state index contributed by atoms with van der Waals surface area (Å²) in [6, 6.07) is 9.21. The van der Waals surface area contributed by atoms with Crippen molar-refractivity contribution in [2.24, 2.45) is 0 Å². The minimum atomic E-state index is -0.211. The smallest absolute Gasteiger partial charge is 0.272 e. The fraction of sp³-hybridized carbons (Fsp3) is 0.375. The van der Waals surface area contributed by atoms with Crippen molar-refractivity contribution in [2.75, 3.05) is 7.05 Å². The molecule has 3 nitrogen and oxygen atoms in total. The average molecular weight is 291 g/mol. The van der Waals surface area contributed by atoms with Crippen LogP contribution in [0, 0.1) is 0 Å². The number of fused-ring (bicyclic) bond motifs is 1. The number of nitrogens with zero attached hydrogens (tertiary/aromatic N) is 2. The predicted molar refractivity (Wildman–Crippen MR) is 83.2 cm³/mol. The maximum Gasteiger partial charge on any atom is 0.272 e. The summed E-state index contributed by atoms with van der Waals surface area (Å²) in [5.74, 6) is -0.107. The van der Waals surface area contributed by atoms with Crippen molar-refractivity contribution in [3.05, 3.63) is 41.0 Å². The quantitative estimate of drug-likeness (QED) is 0.851. The standard InChI is InChI=1S/C16H19ClN2O/c1-5-16(2,3)19(4)15(20)14-10-12(17)11-8-6-7-9-13(11)18-14/h6-10H,5H2,1-4H3. The molecule has 106 valence electrons. The molecule has 0 N–H and O–H groups in total. The van der Waals surface area contributed by atoms with E-state index in [4.69, 9.17) is 11.6 Å². The highest BCUT2D eigenvalue weighted by molar-refractivity contribution is 6.35. The van der Waals surface area contributed by atoms with Gasteiger partial charge < -0.3 is 4.90 Å². The molecule has 0 aliphatic carbocycles. The average Bonchev–Trinajstić information content (AvgIpc) is 2.45. The highest BCUT2D eigenvalue weighted by Gasteiger charge is 2.27. The highest BCUT2D eigenvalue weighted by Crippen LogP contribution is 2.25. The van der Waals surface area contributed by atoms with E-state index in [1.807, 2.05) is 38.1 Å². The fourth-order valence-electron chi connectivity index (χ4n) is 1.93. The number of para-hydroxylation sites is 1. The number of carbonyl (C=O) groups excluding carboxylic acids is 1. The molecule has 1 aromatic carbocycles.